The third-order valence-corrected chi connectivity index (χ3v) is 1.60. The van der Waals surface area contributed by atoms with E-state index in [0.717, 1.165) is 5.57 Å². The number of aliphatic hydroxyl groups excluding tert-OH is 1. The van der Waals surface area contributed by atoms with Crippen LogP contribution in [0.3, 0.4) is 0 Å². The molecule has 0 radical (unpaired) electrons. The zero-order chi connectivity index (χ0) is 9.72. The highest BCUT2D eigenvalue weighted by Gasteiger charge is 2.10. The summed E-state index contributed by atoms with van der Waals surface area (Å²) in [5, 5.41) is 17.5. The van der Waals surface area contributed by atoms with E-state index in [4.69, 9.17) is 10.2 Å². The van der Waals surface area contributed by atoms with Crippen LogP contribution in [-0.2, 0) is 4.79 Å². The van der Waals surface area contributed by atoms with Crippen molar-refractivity contribution in [2.45, 2.75) is 33.5 Å². The van der Waals surface area contributed by atoms with Gasteiger partial charge in [-0.05, 0) is 26.3 Å². The van der Waals surface area contributed by atoms with Gasteiger partial charge in [-0.25, -0.2) is 0 Å². The molecule has 0 saturated heterocycles. The quantitative estimate of drug-likeness (QED) is 0.488. The Morgan fingerprint density at radius 3 is 2.25 bits per heavy atom. The molecule has 12 heavy (non-hydrogen) atoms. The van der Waals surface area contributed by atoms with Gasteiger partial charge >= 0.3 is 0 Å². The van der Waals surface area contributed by atoms with Crippen molar-refractivity contribution in [1.29, 1.82) is 0 Å². The lowest BCUT2D eigenvalue weighted by Crippen LogP contribution is -2.16. The maximum atomic E-state index is 10.6. The van der Waals surface area contributed by atoms with Crippen molar-refractivity contribution in [3.8, 4) is 0 Å². The molecule has 0 aromatic rings. The summed E-state index contributed by atoms with van der Waals surface area (Å²) in [5.41, 5.74) is 0.878. The Morgan fingerprint density at radius 1 is 1.42 bits per heavy atom. The fraction of sp³-hybridized carbons (Fsp3) is 0.667. The molecule has 0 bridgehead atoms. The average molecular weight is 172 g/mol. The predicted molar refractivity (Wildman–Crippen MR) is 46.4 cm³/mol. The lowest BCUT2D eigenvalue weighted by atomic mass is 10.0. The van der Waals surface area contributed by atoms with Gasteiger partial charge in [-0.3, -0.25) is 4.79 Å². The van der Waals surface area contributed by atoms with Gasteiger partial charge in [-0.2, -0.15) is 0 Å². The molecular weight excluding hydrogens is 156 g/mol. The van der Waals surface area contributed by atoms with Gasteiger partial charge < -0.3 is 10.2 Å². The van der Waals surface area contributed by atoms with E-state index in [1.807, 2.05) is 0 Å². The Balaban J connectivity index is 4.00. The zero-order valence-corrected chi connectivity index (χ0v) is 7.74. The number of hydrogen-bond donors (Lipinski definition) is 2. The fourth-order valence-corrected chi connectivity index (χ4v) is 1.02. The summed E-state index contributed by atoms with van der Waals surface area (Å²) in [5.74, 6) is -0.229. The minimum atomic E-state index is -1.31. The van der Waals surface area contributed by atoms with Gasteiger partial charge in [0.25, 0.3) is 0 Å². The maximum absolute atomic E-state index is 10.6. The molecule has 0 aromatic carbocycles. The molecular formula is C9H16O3. The molecule has 0 aromatic heterocycles. The number of carbonyl (C=O) groups excluding carboxylic acids is 1. The number of carbonyl (C=O) groups is 1. The lowest BCUT2D eigenvalue weighted by molar-refractivity contribution is -0.112. The summed E-state index contributed by atoms with van der Waals surface area (Å²) in [6, 6.07) is 0. The summed E-state index contributed by atoms with van der Waals surface area (Å²) in [4.78, 5) is 10.6. The molecule has 1 atom stereocenters. The van der Waals surface area contributed by atoms with E-state index in [-0.39, 0.29) is 11.7 Å². The molecule has 0 aliphatic rings. The monoisotopic (exact) mass is 172 g/mol. The van der Waals surface area contributed by atoms with E-state index in [2.05, 4.69) is 0 Å². The van der Waals surface area contributed by atoms with Crippen LogP contribution in [-0.4, -0.2) is 22.3 Å². The van der Waals surface area contributed by atoms with Gasteiger partial charge in [0.15, 0.2) is 12.1 Å². The summed E-state index contributed by atoms with van der Waals surface area (Å²) in [7, 11) is 0. The molecule has 0 heterocycles. The predicted octanol–water partition coefficient (Wildman–Crippen LogP) is 0.859. The van der Waals surface area contributed by atoms with Gasteiger partial charge in [0.05, 0.1) is 0 Å². The second-order valence-corrected chi connectivity index (χ2v) is 3.20. The molecule has 0 saturated carbocycles. The smallest absolute Gasteiger partial charge is 0.154 e. The van der Waals surface area contributed by atoms with Gasteiger partial charge in [-0.15, -0.1) is 0 Å². The third-order valence-electron chi connectivity index (χ3n) is 1.60. The molecule has 1 unspecified atom stereocenters. The molecule has 0 aliphatic carbocycles. The highest BCUT2D eigenvalue weighted by atomic mass is 16.5. The summed E-state index contributed by atoms with van der Waals surface area (Å²) >= 11 is 0. The van der Waals surface area contributed by atoms with Gasteiger partial charge in [0.2, 0.25) is 0 Å². The standard InChI is InChI=1S/C9H16O3/c1-6(5-8(3)10)4-7(2)9(11)12/h5,7,9,11-12H,4H2,1-3H3. The van der Waals surface area contributed by atoms with Crippen molar-refractivity contribution in [3.05, 3.63) is 11.6 Å². The molecule has 0 spiro atoms. The lowest BCUT2D eigenvalue weighted by Gasteiger charge is -2.12. The molecule has 3 heteroatoms. The van der Waals surface area contributed by atoms with Gasteiger partial charge in [-0.1, -0.05) is 12.5 Å². The van der Waals surface area contributed by atoms with E-state index >= 15 is 0 Å². The Labute approximate surface area is 72.7 Å². The van der Waals surface area contributed by atoms with Crippen molar-refractivity contribution >= 4 is 5.78 Å². The van der Waals surface area contributed by atoms with E-state index in [9.17, 15) is 4.79 Å². The number of rotatable bonds is 4. The van der Waals surface area contributed by atoms with E-state index in [0.29, 0.717) is 6.42 Å². The Hall–Kier alpha value is -0.670. The average Bonchev–Trinajstić information content (AvgIpc) is 1.84. The van der Waals surface area contributed by atoms with Crippen molar-refractivity contribution in [3.63, 3.8) is 0 Å². The van der Waals surface area contributed by atoms with Crippen LogP contribution in [0.4, 0.5) is 0 Å². The minimum absolute atomic E-state index is 0.00729. The summed E-state index contributed by atoms with van der Waals surface area (Å²) in [6.07, 6.45) is 0.746. The van der Waals surface area contributed by atoms with Crippen LogP contribution in [0.5, 0.6) is 0 Å². The van der Waals surface area contributed by atoms with Crippen molar-refractivity contribution in [2.75, 3.05) is 0 Å². The molecule has 0 fully saturated rings. The molecule has 3 nitrogen and oxygen atoms in total. The van der Waals surface area contributed by atoms with Crippen LogP contribution in [0.25, 0.3) is 0 Å². The maximum Gasteiger partial charge on any atom is 0.154 e. The second-order valence-electron chi connectivity index (χ2n) is 3.20. The van der Waals surface area contributed by atoms with E-state index in [1.54, 1.807) is 13.8 Å². The molecule has 0 amide bonds. The van der Waals surface area contributed by atoms with Gasteiger partial charge in [0, 0.05) is 5.92 Å². The Kier molecular flexibility index (Phi) is 4.78. The van der Waals surface area contributed by atoms with Crippen molar-refractivity contribution < 1.29 is 15.0 Å². The normalized spacial score (nSPS) is 15.0. The van der Waals surface area contributed by atoms with Crippen LogP contribution in [0.1, 0.15) is 27.2 Å². The SMILES string of the molecule is CC(=O)C=C(C)CC(C)C(O)O. The summed E-state index contributed by atoms with van der Waals surface area (Å²) < 4.78 is 0. The van der Waals surface area contributed by atoms with Gasteiger partial charge in [0.1, 0.15) is 0 Å². The van der Waals surface area contributed by atoms with Crippen LogP contribution in [0.2, 0.25) is 0 Å². The topological polar surface area (TPSA) is 57.5 Å². The number of ketones is 1. The minimum Gasteiger partial charge on any atom is -0.368 e. The largest absolute Gasteiger partial charge is 0.368 e. The van der Waals surface area contributed by atoms with Crippen LogP contribution < -0.4 is 0 Å². The third kappa shape index (κ3) is 5.04. The molecule has 2 N–H and O–H groups in total. The van der Waals surface area contributed by atoms with Crippen LogP contribution >= 0.6 is 0 Å². The number of aliphatic hydroxyl groups is 2. The fourth-order valence-electron chi connectivity index (χ4n) is 1.02. The van der Waals surface area contributed by atoms with Crippen LogP contribution in [0.15, 0.2) is 11.6 Å². The first kappa shape index (κ1) is 11.3. The van der Waals surface area contributed by atoms with Crippen LogP contribution in [0, 0.1) is 5.92 Å². The van der Waals surface area contributed by atoms with Crippen molar-refractivity contribution in [1.82, 2.24) is 0 Å². The molecule has 0 aliphatic heterocycles. The number of allylic oxidation sites excluding steroid dienone is 2. The van der Waals surface area contributed by atoms with E-state index in [1.165, 1.54) is 13.0 Å². The van der Waals surface area contributed by atoms with E-state index < -0.39 is 6.29 Å². The first-order valence-corrected chi connectivity index (χ1v) is 3.97. The summed E-state index contributed by atoms with van der Waals surface area (Å²) in [6.45, 7) is 5.01. The molecule has 0 rings (SSSR count). The number of hydrogen-bond acceptors (Lipinski definition) is 3. The molecule has 70 valence electrons. The highest BCUT2D eigenvalue weighted by Crippen LogP contribution is 2.13. The second kappa shape index (κ2) is 5.06. The zero-order valence-electron chi connectivity index (χ0n) is 7.74. The highest BCUT2D eigenvalue weighted by molar-refractivity contribution is 5.87. The first-order chi connectivity index (χ1) is 5.43. The Morgan fingerprint density at radius 2 is 1.92 bits per heavy atom. The first-order valence-electron chi connectivity index (χ1n) is 3.97. The van der Waals surface area contributed by atoms with Crippen molar-refractivity contribution in [2.24, 2.45) is 5.92 Å². The Bertz CT molecular complexity index is 182.